The van der Waals surface area contributed by atoms with Gasteiger partial charge in [-0.3, -0.25) is 24.6 Å². The Bertz CT molecular complexity index is 989. The summed E-state index contributed by atoms with van der Waals surface area (Å²) in [5.41, 5.74) is 1.50. The average molecular weight is 498 g/mol. The minimum atomic E-state index is -0.597. The number of imide groups is 1. The van der Waals surface area contributed by atoms with Gasteiger partial charge in [-0.25, -0.2) is 0 Å². The van der Waals surface area contributed by atoms with Gasteiger partial charge in [-0.05, 0) is 88.1 Å². The number of hydrogen-bond donors (Lipinski definition) is 1. The summed E-state index contributed by atoms with van der Waals surface area (Å²) in [6.07, 6.45) is 9.51. The number of likely N-dealkylation sites (tertiary alicyclic amines) is 1. The van der Waals surface area contributed by atoms with E-state index in [2.05, 4.69) is 17.1 Å². The standard InChI is InChI=1S/C28H39N3O5/c1-18(24-5-3-4-14-30(24)16-19-6-8-21(35-2)9-7-19)36-22-10-11-23-20(15-22)17-31(28(23)34)25-12-13-26(32)29-27(25)33/h10-11,15,18-19,21,24-25H,3-9,12-14,16-17H2,1-2H3,(H,29,32,33). The number of fused-ring (bicyclic) bond motifs is 1. The van der Waals surface area contributed by atoms with Crippen molar-refractivity contribution in [2.75, 3.05) is 20.2 Å². The van der Waals surface area contributed by atoms with Gasteiger partial charge in [0.25, 0.3) is 5.91 Å². The molecule has 1 N–H and O–H groups in total. The lowest BCUT2D eigenvalue weighted by molar-refractivity contribution is -0.136. The number of amides is 3. The number of rotatable bonds is 7. The topological polar surface area (TPSA) is 88.2 Å². The third kappa shape index (κ3) is 5.30. The first kappa shape index (κ1) is 25.2. The number of carbonyl (C=O) groups excluding carboxylic acids is 3. The van der Waals surface area contributed by atoms with Crippen LogP contribution in [-0.2, 0) is 20.9 Å². The van der Waals surface area contributed by atoms with Crippen molar-refractivity contribution in [3.05, 3.63) is 29.3 Å². The number of methoxy groups -OCH3 is 1. The highest BCUT2D eigenvalue weighted by Gasteiger charge is 2.39. The maximum absolute atomic E-state index is 13.0. The van der Waals surface area contributed by atoms with Crippen molar-refractivity contribution in [1.29, 1.82) is 0 Å². The number of hydrogen-bond acceptors (Lipinski definition) is 6. The first-order valence-corrected chi connectivity index (χ1v) is 13.6. The lowest BCUT2D eigenvalue weighted by atomic mass is 9.85. The number of carbonyl (C=O) groups is 3. The van der Waals surface area contributed by atoms with E-state index < -0.39 is 6.04 Å². The maximum Gasteiger partial charge on any atom is 0.255 e. The van der Waals surface area contributed by atoms with E-state index in [9.17, 15) is 14.4 Å². The van der Waals surface area contributed by atoms with Crippen LogP contribution in [0, 0.1) is 5.92 Å². The van der Waals surface area contributed by atoms with Crippen LogP contribution in [0.15, 0.2) is 18.2 Å². The summed E-state index contributed by atoms with van der Waals surface area (Å²) in [4.78, 5) is 41.0. The molecule has 3 amide bonds. The fraction of sp³-hybridized carbons (Fsp3) is 0.679. The fourth-order valence-corrected chi connectivity index (χ4v) is 6.57. The van der Waals surface area contributed by atoms with E-state index in [4.69, 9.17) is 9.47 Å². The van der Waals surface area contributed by atoms with Crippen molar-refractivity contribution >= 4 is 17.7 Å². The van der Waals surface area contributed by atoms with Crippen molar-refractivity contribution in [3.8, 4) is 5.75 Å². The third-order valence-electron chi connectivity index (χ3n) is 8.64. The molecule has 8 nitrogen and oxygen atoms in total. The monoisotopic (exact) mass is 497 g/mol. The molecule has 4 aliphatic rings. The minimum Gasteiger partial charge on any atom is -0.489 e. The summed E-state index contributed by atoms with van der Waals surface area (Å²) in [6.45, 7) is 4.79. The highest BCUT2D eigenvalue weighted by Crippen LogP contribution is 2.33. The first-order valence-electron chi connectivity index (χ1n) is 13.6. The van der Waals surface area contributed by atoms with Crippen LogP contribution in [0.5, 0.6) is 5.75 Å². The molecular weight excluding hydrogens is 458 g/mol. The van der Waals surface area contributed by atoms with Crippen LogP contribution in [0.1, 0.15) is 80.6 Å². The number of nitrogens with zero attached hydrogens (tertiary/aromatic N) is 2. The van der Waals surface area contributed by atoms with Crippen LogP contribution >= 0.6 is 0 Å². The Balaban J connectivity index is 1.21. The fourth-order valence-electron chi connectivity index (χ4n) is 6.57. The lowest BCUT2D eigenvalue weighted by Gasteiger charge is -2.41. The summed E-state index contributed by atoms with van der Waals surface area (Å²) in [5, 5.41) is 2.36. The molecule has 1 aliphatic carbocycles. The van der Waals surface area contributed by atoms with E-state index in [0.29, 0.717) is 30.7 Å². The Morgan fingerprint density at radius 3 is 2.61 bits per heavy atom. The summed E-state index contributed by atoms with van der Waals surface area (Å²) in [5.74, 6) is 0.689. The van der Waals surface area contributed by atoms with Gasteiger partial charge in [0, 0.05) is 38.2 Å². The van der Waals surface area contributed by atoms with Crippen LogP contribution in [-0.4, -0.2) is 72.0 Å². The molecule has 0 radical (unpaired) electrons. The molecule has 0 spiro atoms. The second-order valence-corrected chi connectivity index (χ2v) is 11.0. The van der Waals surface area contributed by atoms with Crippen molar-refractivity contribution in [2.24, 2.45) is 5.92 Å². The van der Waals surface area contributed by atoms with Gasteiger partial charge in [0.2, 0.25) is 11.8 Å². The summed E-state index contributed by atoms with van der Waals surface area (Å²) in [6, 6.07) is 5.43. The molecule has 0 bridgehead atoms. The van der Waals surface area contributed by atoms with Crippen LogP contribution in [0.4, 0.5) is 0 Å². The summed E-state index contributed by atoms with van der Waals surface area (Å²) >= 11 is 0. The van der Waals surface area contributed by atoms with E-state index in [-0.39, 0.29) is 30.2 Å². The van der Waals surface area contributed by atoms with Crippen LogP contribution in [0.3, 0.4) is 0 Å². The van der Waals surface area contributed by atoms with Crippen molar-refractivity contribution < 1.29 is 23.9 Å². The molecule has 0 aromatic heterocycles. The molecule has 8 heteroatoms. The Morgan fingerprint density at radius 2 is 1.86 bits per heavy atom. The lowest BCUT2D eigenvalue weighted by Crippen LogP contribution is -2.52. The maximum atomic E-state index is 13.0. The van der Waals surface area contributed by atoms with Gasteiger partial charge in [0.05, 0.1) is 6.10 Å². The molecule has 3 unspecified atom stereocenters. The van der Waals surface area contributed by atoms with Crippen molar-refractivity contribution in [1.82, 2.24) is 15.1 Å². The largest absolute Gasteiger partial charge is 0.489 e. The molecule has 3 atom stereocenters. The Morgan fingerprint density at radius 1 is 1.06 bits per heavy atom. The van der Waals surface area contributed by atoms with E-state index in [0.717, 1.165) is 49.6 Å². The molecule has 1 aromatic carbocycles. The SMILES string of the molecule is COC1CCC(CN2CCCCC2C(C)Oc2ccc3c(c2)CN(C2CCC(=O)NC2=O)C3=O)CC1. The van der Waals surface area contributed by atoms with E-state index >= 15 is 0 Å². The van der Waals surface area contributed by atoms with Gasteiger partial charge >= 0.3 is 0 Å². The molecular formula is C28H39N3O5. The van der Waals surface area contributed by atoms with E-state index in [1.165, 1.54) is 25.7 Å². The second-order valence-electron chi connectivity index (χ2n) is 11.0. The average Bonchev–Trinajstić information content (AvgIpc) is 3.20. The molecule has 2 saturated heterocycles. The molecule has 1 aromatic rings. The van der Waals surface area contributed by atoms with Crippen LogP contribution in [0.2, 0.25) is 0 Å². The minimum absolute atomic E-state index is 0.0435. The predicted octanol–water partition coefficient (Wildman–Crippen LogP) is 3.27. The van der Waals surface area contributed by atoms with Gasteiger partial charge < -0.3 is 14.4 Å². The third-order valence-corrected chi connectivity index (χ3v) is 8.64. The number of nitrogens with one attached hydrogen (secondary N) is 1. The zero-order valence-electron chi connectivity index (χ0n) is 21.5. The van der Waals surface area contributed by atoms with Crippen molar-refractivity contribution in [2.45, 2.75) is 95.5 Å². The Labute approximate surface area is 213 Å². The molecule has 3 heterocycles. The molecule has 1 saturated carbocycles. The van der Waals surface area contributed by atoms with Gasteiger partial charge in [0.15, 0.2) is 0 Å². The number of ether oxygens (including phenoxy) is 2. The number of benzene rings is 1. The van der Waals surface area contributed by atoms with Crippen LogP contribution in [0.25, 0.3) is 0 Å². The normalized spacial score (nSPS) is 30.2. The summed E-state index contributed by atoms with van der Waals surface area (Å²) < 4.78 is 12.0. The Hall–Kier alpha value is -2.45. The molecule has 5 rings (SSSR count). The molecule has 3 aliphatic heterocycles. The molecule has 3 fully saturated rings. The quantitative estimate of drug-likeness (QED) is 0.582. The van der Waals surface area contributed by atoms with Gasteiger partial charge in [0.1, 0.15) is 17.9 Å². The zero-order chi connectivity index (χ0) is 25.2. The van der Waals surface area contributed by atoms with Gasteiger partial charge in [-0.15, -0.1) is 0 Å². The van der Waals surface area contributed by atoms with Gasteiger partial charge in [-0.1, -0.05) is 6.42 Å². The summed E-state index contributed by atoms with van der Waals surface area (Å²) in [7, 11) is 1.83. The van der Waals surface area contributed by atoms with E-state index in [1.807, 2.05) is 25.3 Å². The van der Waals surface area contributed by atoms with E-state index in [1.54, 1.807) is 4.90 Å². The number of piperidine rings is 2. The van der Waals surface area contributed by atoms with Gasteiger partial charge in [-0.2, -0.15) is 0 Å². The first-order chi connectivity index (χ1) is 17.4. The highest BCUT2D eigenvalue weighted by atomic mass is 16.5. The smallest absolute Gasteiger partial charge is 0.255 e. The molecule has 196 valence electrons. The predicted molar refractivity (Wildman–Crippen MR) is 135 cm³/mol. The second kappa shape index (κ2) is 10.9. The zero-order valence-corrected chi connectivity index (χ0v) is 21.5. The van der Waals surface area contributed by atoms with Crippen molar-refractivity contribution in [3.63, 3.8) is 0 Å². The molecule has 36 heavy (non-hydrogen) atoms. The van der Waals surface area contributed by atoms with Crippen LogP contribution < -0.4 is 10.1 Å². The highest BCUT2D eigenvalue weighted by molar-refractivity contribution is 6.05. The Kier molecular flexibility index (Phi) is 7.62.